The number of pyridine rings is 1. The zero-order valence-corrected chi connectivity index (χ0v) is 9.87. The molecule has 0 saturated heterocycles. The largest absolute Gasteiger partial charge is 0.362 e. The van der Waals surface area contributed by atoms with E-state index in [1.54, 1.807) is 55.7 Å². The first kappa shape index (κ1) is 10.9. The molecule has 1 aromatic carbocycles. The quantitative estimate of drug-likeness (QED) is 0.818. The molecular formula is C14H12N2O2. The first-order chi connectivity index (χ1) is 8.65. The number of carbonyl (C=O) groups excluding carboxylic acids is 1. The van der Waals surface area contributed by atoms with E-state index in [0.29, 0.717) is 16.8 Å². The van der Waals surface area contributed by atoms with Crippen LogP contribution >= 0.6 is 0 Å². The highest BCUT2D eigenvalue weighted by Crippen LogP contribution is 2.39. The second-order valence-electron chi connectivity index (χ2n) is 4.30. The molecule has 4 nitrogen and oxygen atoms in total. The standard InChI is InChI=1S/C14H12N2O2/c1-16-13(17)10-6-2-3-7-11(10)14(16,18)12-8-4-5-9-15-12/h2-9,18H,1H3. The van der Waals surface area contributed by atoms with Crippen LogP contribution in [0.15, 0.2) is 48.7 Å². The van der Waals surface area contributed by atoms with Crippen LogP contribution in [0.4, 0.5) is 0 Å². The van der Waals surface area contributed by atoms with Crippen LogP contribution in [0, 0.1) is 0 Å². The van der Waals surface area contributed by atoms with Crippen molar-refractivity contribution in [3.8, 4) is 0 Å². The number of hydrogen-bond acceptors (Lipinski definition) is 3. The number of fused-ring (bicyclic) bond motifs is 1. The lowest BCUT2D eigenvalue weighted by Crippen LogP contribution is -2.42. The molecule has 2 aromatic rings. The zero-order valence-electron chi connectivity index (χ0n) is 9.87. The highest BCUT2D eigenvalue weighted by atomic mass is 16.3. The van der Waals surface area contributed by atoms with Crippen LogP contribution in [-0.2, 0) is 5.72 Å². The molecule has 2 heterocycles. The first-order valence-corrected chi connectivity index (χ1v) is 5.67. The summed E-state index contributed by atoms with van der Waals surface area (Å²) in [5.74, 6) is -0.196. The Kier molecular flexibility index (Phi) is 2.21. The maximum absolute atomic E-state index is 12.1. The van der Waals surface area contributed by atoms with Gasteiger partial charge in [-0.2, -0.15) is 0 Å². The summed E-state index contributed by atoms with van der Waals surface area (Å²) in [5.41, 5.74) is 0.0738. The fraction of sp³-hybridized carbons (Fsp3) is 0.143. The van der Waals surface area contributed by atoms with Gasteiger partial charge < -0.3 is 10.0 Å². The van der Waals surface area contributed by atoms with Gasteiger partial charge >= 0.3 is 0 Å². The third-order valence-corrected chi connectivity index (χ3v) is 3.35. The molecule has 90 valence electrons. The van der Waals surface area contributed by atoms with E-state index in [9.17, 15) is 9.90 Å². The maximum Gasteiger partial charge on any atom is 0.256 e. The Morgan fingerprint density at radius 3 is 2.61 bits per heavy atom. The Morgan fingerprint density at radius 2 is 1.89 bits per heavy atom. The molecule has 1 aromatic heterocycles. The Hall–Kier alpha value is -2.20. The normalized spacial score (nSPS) is 22.1. The van der Waals surface area contributed by atoms with Crippen LogP contribution in [0.3, 0.4) is 0 Å². The van der Waals surface area contributed by atoms with Gasteiger partial charge in [-0.1, -0.05) is 24.3 Å². The maximum atomic E-state index is 12.1. The summed E-state index contributed by atoms with van der Waals surface area (Å²) in [6.45, 7) is 0. The first-order valence-electron chi connectivity index (χ1n) is 5.67. The number of amides is 1. The summed E-state index contributed by atoms with van der Waals surface area (Å²) in [5, 5.41) is 10.9. The second kappa shape index (κ2) is 3.65. The third-order valence-electron chi connectivity index (χ3n) is 3.35. The summed E-state index contributed by atoms with van der Waals surface area (Å²) in [6, 6.07) is 12.3. The minimum absolute atomic E-state index is 0.196. The van der Waals surface area contributed by atoms with E-state index in [2.05, 4.69) is 4.98 Å². The Bertz CT molecular complexity index is 612. The predicted octanol–water partition coefficient (Wildman–Crippen LogP) is 1.36. The van der Waals surface area contributed by atoms with Gasteiger partial charge in [0.15, 0.2) is 0 Å². The average Bonchev–Trinajstić information content (AvgIpc) is 2.64. The van der Waals surface area contributed by atoms with Crippen LogP contribution in [0.2, 0.25) is 0 Å². The topological polar surface area (TPSA) is 53.4 Å². The van der Waals surface area contributed by atoms with Crippen molar-refractivity contribution >= 4 is 5.91 Å². The number of hydrogen-bond donors (Lipinski definition) is 1. The van der Waals surface area contributed by atoms with Crippen molar-refractivity contribution in [3.63, 3.8) is 0 Å². The molecule has 0 radical (unpaired) electrons. The number of carbonyl (C=O) groups is 1. The number of rotatable bonds is 1. The summed E-state index contributed by atoms with van der Waals surface area (Å²) in [4.78, 5) is 17.6. The molecule has 18 heavy (non-hydrogen) atoms. The third kappa shape index (κ3) is 1.23. The van der Waals surface area contributed by atoms with E-state index in [1.807, 2.05) is 0 Å². The van der Waals surface area contributed by atoms with Crippen molar-refractivity contribution in [2.24, 2.45) is 0 Å². The predicted molar refractivity (Wildman–Crippen MR) is 65.8 cm³/mol. The molecular weight excluding hydrogens is 228 g/mol. The average molecular weight is 240 g/mol. The molecule has 0 bridgehead atoms. The second-order valence-corrected chi connectivity index (χ2v) is 4.30. The molecule has 1 N–H and O–H groups in total. The van der Waals surface area contributed by atoms with Gasteiger partial charge in [-0.05, 0) is 18.2 Å². The lowest BCUT2D eigenvalue weighted by Gasteiger charge is -2.30. The molecule has 0 spiro atoms. The number of aliphatic hydroxyl groups is 1. The van der Waals surface area contributed by atoms with Crippen LogP contribution < -0.4 is 0 Å². The number of aromatic nitrogens is 1. The molecule has 1 amide bonds. The van der Waals surface area contributed by atoms with E-state index in [4.69, 9.17) is 0 Å². The zero-order chi connectivity index (χ0) is 12.8. The van der Waals surface area contributed by atoms with E-state index in [-0.39, 0.29) is 5.91 Å². The molecule has 1 aliphatic heterocycles. The van der Waals surface area contributed by atoms with Gasteiger partial charge in [-0.3, -0.25) is 9.78 Å². The van der Waals surface area contributed by atoms with Crippen molar-refractivity contribution in [2.45, 2.75) is 5.72 Å². The summed E-state index contributed by atoms with van der Waals surface area (Å²) >= 11 is 0. The van der Waals surface area contributed by atoms with Crippen molar-refractivity contribution in [1.29, 1.82) is 0 Å². The lowest BCUT2D eigenvalue weighted by atomic mass is 9.98. The SMILES string of the molecule is CN1C(=O)c2ccccc2C1(O)c1ccccn1. The molecule has 0 aliphatic carbocycles. The Morgan fingerprint density at radius 1 is 1.17 bits per heavy atom. The Labute approximate surface area is 105 Å². The van der Waals surface area contributed by atoms with Gasteiger partial charge in [0.2, 0.25) is 5.72 Å². The van der Waals surface area contributed by atoms with Crippen molar-refractivity contribution in [3.05, 3.63) is 65.5 Å². The van der Waals surface area contributed by atoms with Crippen molar-refractivity contribution in [1.82, 2.24) is 9.88 Å². The molecule has 1 unspecified atom stereocenters. The van der Waals surface area contributed by atoms with Crippen LogP contribution in [0.25, 0.3) is 0 Å². The number of benzene rings is 1. The van der Waals surface area contributed by atoms with Gasteiger partial charge in [0.1, 0.15) is 0 Å². The van der Waals surface area contributed by atoms with Gasteiger partial charge in [-0.15, -0.1) is 0 Å². The fourth-order valence-corrected chi connectivity index (χ4v) is 2.36. The van der Waals surface area contributed by atoms with Gasteiger partial charge in [0.05, 0.1) is 5.69 Å². The van der Waals surface area contributed by atoms with Crippen molar-refractivity contribution in [2.75, 3.05) is 7.05 Å². The van der Waals surface area contributed by atoms with Gasteiger partial charge in [-0.25, -0.2) is 0 Å². The van der Waals surface area contributed by atoms with E-state index in [1.165, 1.54) is 4.90 Å². The Balaban J connectivity index is 2.27. The van der Waals surface area contributed by atoms with E-state index < -0.39 is 5.72 Å². The molecule has 1 atom stereocenters. The van der Waals surface area contributed by atoms with Crippen LogP contribution in [0.1, 0.15) is 21.6 Å². The molecule has 4 heteroatoms. The smallest absolute Gasteiger partial charge is 0.256 e. The molecule has 0 saturated carbocycles. The fourth-order valence-electron chi connectivity index (χ4n) is 2.36. The van der Waals surface area contributed by atoms with Gasteiger partial charge in [0, 0.05) is 24.4 Å². The lowest BCUT2D eigenvalue weighted by molar-refractivity contribution is -0.0401. The highest BCUT2D eigenvalue weighted by Gasteiger charge is 2.48. The van der Waals surface area contributed by atoms with Gasteiger partial charge in [0.25, 0.3) is 5.91 Å². The minimum Gasteiger partial charge on any atom is -0.362 e. The minimum atomic E-state index is -1.48. The summed E-state index contributed by atoms with van der Waals surface area (Å²) < 4.78 is 0. The van der Waals surface area contributed by atoms with E-state index in [0.717, 1.165) is 0 Å². The summed E-state index contributed by atoms with van der Waals surface area (Å²) in [7, 11) is 1.58. The van der Waals surface area contributed by atoms with Crippen LogP contribution in [-0.4, -0.2) is 27.9 Å². The highest BCUT2D eigenvalue weighted by molar-refractivity contribution is 6.00. The number of nitrogens with zero attached hydrogens (tertiary/aromatic N) is 2. The summed E-state index contributed by atoms with van der Waals surface area (Å²) in [6.07, 6.45) is 1.60. The van der Waals surface area contributed by atoms with Crippen LogP contribution in [0.5, 0.6) is 0 Å². The van der Waals surface area contributed by atoms with Crippen molar-refractivity contribution < 1.29 is 9.90 Å². The molecule has 3 rings (SSSR count). The monoisotopic (exact) mass is 240 g/mol. The van der Waals surface area contributed by atoms with E-state index >= 15 is 0 Å². The molecule has 0 fully saturated rings. The molecule has 1 aliphatic rings.